The number of rotatable bonds is 1. The van der Waals surface area contributed by atoms with Gasteiger partial charge in [0.15, 0.2) is 0 Å². The van der Waals surface area contributed by atoms with Gasteiger partial charge in [0.2, 0.25) is 0 Å². The summed E-state index contributed by atoms with van der Waals surface area (Å²) in [4.78, 5) is 0. The van der Waals surface area contributed by atoms with E-state index in [-0.39, 0.29) is 0 Å². The van der Waals surface area contributed by atoms with Crippen molar-refractivity contribution in [3.63, 3.8) is 0 Å². The van der Waals surface area contributed by atoms with Crippen molar-refractivity contribution >= 4 is 15.9 Å². The SMILES string of the molecule is [CH]=C(C)CBr. The highest BCUT2D eigenvalue weighted by Crippen LogP contribution is 1.89. The van der Waals surface area contributed by atoms with E-state index < -0.39 is 0 Å². The van der Waals surface area contributed by atoms with Crippen molar-refractivity contribution in [1.82, 2.24) is 0 Å². The van der Waals surface area contributed by atoms with Gasteiger partial charge in [0.1, 0.15) is 0 Å². The molecule has 0 rings (SSSR count). The maximum atomic E-state index is 5.16. The lowest BCUT2D eigenvalue weighted by Gasteiger charge is -1.77. The molecule has 0 aromatic carbocycles. The van der Waals surface area contributed by atoms with Crippen LogP contribution >= 0.6 is 15.9 Å². The van der Waals surface area contributed by atoms with E-state index in [1.807, 2.05) is 6.92 Å². The molecule has 0 saturated carbocycles. The average Bonchev–Trinajstić information content (AvgIpc) is 1.38. The third-order valence-corrected chi connectivity index (χ3v) is 1.10. The van der Waals surface area contributed by atoms with Crippen molar-refractivity contribution in [2.45, 2.75) is 6.92 Å². The molecule has 0 N–H and O–H groups in total. The van der Waals surface area contributed by atoms with Gasteiger partial charge in [-0.1, -0.05) is 28.1 Å². The van der Waals surface area contributed by atoms with Gasteiger partial charge in [-0.05, 0) is 6.92 Å². The van der Waals surface area contributed by atoms with Gasteiger partial charge in [-0.2, -0.15) is 0 Å². The summed E-state index contributed by atoms with van der Waals surface area (Å²) < 4.78 is 0. The second-order valence-electron chi connectivity index (χ2n) is 0.980. The Kier molecular flexibility index (Phi) is 2.57. The average molecular weight is 134 g/mol. The summed E-state index contributed by atoms with van der Waals surface area (Å²) in [7, 11) is 0. The van der Waals surface area contributed by atoms with Crippen LogP contribution in [0.2, 0.25) is 0 Å². The Morgan fingerprint density at radius 1 is 2.00 bits per heavy atom. The van der Waals surface area contributed by atoms with Crippen molar-refractivity contribution in [2.75, 3.05) is 5.33 Å². The number of alkyl halides is 1. The largest absolute Gasteiger partial charge is 0.0880 e. The molecule has 0 amide bonds. The minimum Gasteiger partial charge on any atom is -0.0880 e. The van der Waals surface area contributed by atoms with Crippen LogP contribution < -0.4 is 0 Å². The third kappa shape index (κ3) is 4.22. The first kappa shape index (κ1) is 5.22. The Bertz CT molecular complexity index is 38.9. The molecule has 29 valence electrons. The molecule has 0 saturated heterocycles. The molecule has 0 aliphatic carbocycles. The molecule has 0 heterocycles. The Morgan fingerprint density at radius 2 is 2.20 bits per heavy atom. The van der Waals surface area contributed by atoms with Crippen LogP contribution in [0.15, 0.2) is 5.57 Å². The van der Waals surface area contributed by atoms with E-state index in [9.17, 15) is 0 Å². The van der Waals surface area contributed by atoms with E-state index in [0.717, 1.165) is 10.9 Å². The first-order valence-electron chi connectivity index (χ1n) is 1.41. The number of halogens is 1. The van der Waals surface area contributed by atoms with Crippen LogP contribution in [0.25, 0.3) is 0 Å². The van der Waals surface area contributed by atoms with Crippen molar-refractivity contribution in [1.29, 1.82) is 0 Å². The summed E-state index contributed by atoms with van der Waals surface area (Å²) >= 11 is 3.15. The molecular weight excluding hydrogens is 128 g/mol. The molecule has 0 aliphatic heterocycles. The molecule has 0 unspecified atom stereocenters. The van der Waals surface area contributed by atoms with E-state index >= 15 is 0 Å². The molecule has 0 atom stereocenters. The van der Waals surface area contributed by atoms with Gasteiger partial charge >= 0.3 is 0 Å². The smallest absolute Gasteiger partial charge is 0.0242 e. The molecular formula is C4H6Br. The predicted octanol–water partition coefficient (Wildman–Crippen LogP) is 1.76. The van der Waals surface area contributed by atoms with Crippen LogP contribution in [0, 0.1) is 6.58 Å². The zero-order valence-corrected chi connectivity index (χ0v) is 4.75. The second kappa shape index (κ2) is 2.46. The van der Waals surface area contributed by atoms with Crippen LogP contribution in [0.4, 0.5) is 0 Å². The van der Waals surface area contributed by atoms with Gasteiger partial charge in [-0.3, -0.25) is 0 Å². The highest BCUT2D eigenvalue weighted by Gasteiger charge is 1.70. The summed E-state index contributed by atoms with van der Waals surface area (Å²) in [5.74, 6) is 0. The summed E-state index contributed by atoms with van der Waals surface area (Å²) in [6.45, 7) is 7.03. The highest BCUT2D eigenvalue weighted by molar-refractivity contribution is 9.09. The predicted molar refractivity (Wildman–Crippen MR) is 27.3 cm³/mol. The lowest BCUT2D eigenvalue weighted by atomic mass is 10.4. The van der Waals surface area contributed by atoms with Crippen LogP contribution in [0.1, 0.15) is 6.92 Å². The first-order valence-corrected chi connectivity index (χ1v) is 2.53. The van der Waals surface area contributed by atoms with Crippen molar-refractivity contribution < 1.29 is 0 Å². The zero-order valence-electron chi connectivity index (χ0n) is 3.16. The fourth-order valence-corrected chi connectivity index (χ4v) is 0. The lowest BCUT2D eigenvalue weighted by molar-refractivity contribution is 1.44. The summed E-state index contributed by atoms with van der Waals surface area (Å²) in [5.41, 5.74) is 0.921. The van der Waals surface area contributed by atoms with Crippen LogP contribution in [0.3, 0.4) is 0 Å². The first-order chi connectivity index (χ1) is 2.27. The number of hydrogen-bond acceptors (Lipinski definition) is 0. The third-order valence-electron chi connectivity index (χ3n) is 0.211. The van der Waals surface area contributed by atoms with E-state index in [2.05, 4.69) is 15.9 Å². The fraction of sp³-hybridized carbons (Fsp3) is 0.500. The number of allylic oxidation sites excluding steroid dienone is 1. The molecule has 1 radical (unpaired) electrons. The van der Waals surface area contributed by atoms with Gasteiger partial charge in [0.05, 0.1) is 0 Å². The molecule has 0 aromatic heterocycles. The Labute approximate surface area is 41.0 Å². The maximum Gasteiger partial charge on any atom is 0.0242 e. The van der Waals surface area contributed by atoms with E-state index in [0.29, 0.717) is 0 Å². The van der Waals surface area contributed by atoms with Crippen LogP contribution in [-0.4, -0.2) is 5.33 Å². The van der Waals surface area contributed by atoms with Gasteiger partial charge in [-0.25, -0.2) is 0 Å². The van der Waals surface area contributed by atoms with Crippen LogP contribution in [0.5, 0.6) is 0 Å². The maximum absolute atomic E-state index is 5.16. The van der Waals surface area contributed by atoms with Crippen molar-refractivity contribution in [3.05, 3.63) is 12.2 Å². The van der Waals surface area contributed by atoms with Gasteiger partial charge in [0, 0.05) is 5.33 Å². The quantitative estimate of drug-likeness (QED) is 0.479. The molecule has 0 aliphatic rings. The standard InChI is InChI=1S/C4H6Br/c1-4(2)3-5/h1H,3H2,2H3. The van der Waals surface area contributed by atoms with Crippen molar-refractivity contribution in [2.24, 2.45) is 0 Å². The topological polar surface area (TPSA) is 0 Å². The molecule has 0 nitrogen and oxygen atoms in total. The molecule has 0 aromatic rings. The normalized spacial score (nSPS) is 7.60. The van der Waals surface area contributed by atoms with Gasteiger partial charge in [0.25, 0.3) is 0 Å². The lowest BCUT2D eigenvalue weighted by Crippen LogP contribution is -1.65. The summed E-state index contributed by atoms with van der Waals surface area (Å²) in [6.07, 6.45) is 0. The zero-order chi connectivity index (χ0) is 4.28. The molecule has 0 bridgehead atoms. The Morgan fingerprint density at radius 3 is 2.20 bits per heavy atom. The summed E-state index contributed by atoms with van der Waals surface area (Å²) in [5, 5.41) is 0.812. The number of hydrogen-bond donors (Lipinski definition) is 0. The molecule has 0 spiro atoms. The minimum absolute atomic E-state index is 0.812. The molecule has 0 fully saturated rings. The summed E-state index contributed by atoms with van der Waals surface area (Å²) in [6, 6.07) is 0. The fourth-order valence-electron chi connectivity index (χ4n) is 0. The van der Waals surface area contributed by atoms with E-state index in [1.54, 1.807) is 0 Å². The van der Waals surface area contributed by atoms with E-state index in [4.69, 9.17) is 6.58 Å². The molecule has 1 heteroatoms. The second-order valence-corrected chi connectivity index (χ2v) is 1.54. The van der Waals surface area contributed by atoms with Gasteiger partial charge < -0.3 is 0 Å². The van der Waals surface area contributed by atoms with Gasteiger partial charge in [-0.15, -0.1) is 0 Å². The monoisotopic (exact) mass is 133 g/mol. The van der Waals surface area contributed by atoms with Crippen molar-refractivity contribution in [3.8, 4) is 0 Å². The van der Waals surface area contributed by atoms with E-state index in [1.165, 1.54) is 0 Å². The minimum atomic E-state index is 0.812. The Hall–Kier alpha value is 0.220. The Balaban J connectivity index is 2.85. The highest BCUT2D eigenvalue weighted by atomic mass is 79.9. The molecule has 5 heavy (non-hydrogen) atoms. The van der Waals surface area contributed by atoms with Crippen LogP contribution in [-0.2, 0) is 0 Å².